The van der Waals surface area contributed by atoms with Gasteiger partial charge in [0.25, 0.3) is 11.2 Å². The van der Waals surface area contributed by atoms with Crippen LogP contribution in [-0.2, 0) is 0 Å². The number of anilines is 2. The van der Waals surface area contributed by atoms with Gasteiger partial charge in [-0.25, -0.2) is 4.98 Å². The van der Waals surface area contributed by atoms with Crippen LogP contribution >= 0.6 is 0 Å². The van der Waals surface area contributed by atoms with E-state index in [-0.39, 0.29) is 22.8 Å². The summed E-state index contributed by atoms with van der Waals surface area (Å²) in [5.41, 5.74) is 3.12. The van der Waals surface area contributed by atoms with E-state index in [4.69, 9.17) is 0 Å². The largest absolute Gasteiger partial charge is 0.326 e. The maximum atomic E-state index is 12.7. The lowest BCUT2D eigenvalue weighted by molar-refractivity contribution is -0.384. The number of hydrogen-bond acceptors (Lipinski definition) is 6. The van der Waals surface area contributed by atoms with Gasteiger partial charge in [-0.15, -0.1) is 0 Å². The highest BCUT2D eigenvalue weighted by molar-refractivity contribution is 5.92. The first kappa shape index (κ1) is 17.3. The second-order valence-electron chi connectivity index (χ2n) is 6.27. The van der Waals surface area contributed by atoms with Gasteiger partial charge in [-0.1, -0.05) is 17.7 Å². The molecule has 8 nitrogen and oxygen atoms in total. The normalized spacial score (nSPS) is 10.8. The molecule has 2 N–H and O–H groups in total. The standard InChI is InChI=1S/C20H15N5O3/c1-12-2-6-14(7-3-12)22-20-23-18-17(19(26)24-20)16(10-11-21-18)13-4-8-15(9-5-13)25(27)28/h2-11H,1H3,(H2,21,22,23,24,26). The Morgan fingerprint density at radius 3 is 2.43 bits per heavy atom. The molecule has 2 aromatic heterocycles. The maximum Gasteiger partial charge on any atom is 0.269 e. The van der Waals surface area contributed by atoms with Gasteiger partial charge in [0.15, 0.2) is 5.65 Å². The third kappa shape index (κ3) is 3.30. The maximum absolute atomic E-state index is 12.7. The topological polar surface area (TPSA) is 114 Å². The van der Waals surface area contributed by atoms with E-state index in [2.05, 4.69) is 20.3 Å². The average molecular weight is 373 g/mol. The summed E-state index contributed by atoms with van der Waals surface area (Å²) >= 11 is 0. The number of rotatable bonds is 4. The van der Waals surface area contributed by atoms with Crippen LogP contribution in [0.25, 0.3) is 22.2 Å². The molecule has 8 heteroatoms. The van der Waals surface area contributed by atoms with Crippen molar-refractivity contribution >= 4 is 28.4 Å². The molecule has 0 radical (unpaired) electrons. The van der Waals surface area contributed by atoms with Gasteiger partial charge >= 0.3 is 0 Å². The predicted octanol–water partition coefficient (Wildman–Crippen LogP) is 3.95. The summed E-state index contributed by atoms with van der Waals surface area (Å²) in [5.74, 6) is 0.287. The lowest BCUT2D eigenvalue weighted by atomic mass is 10.0. The molecule has 0 fully saturated rings. The van der Waals surface area contributed by atoms with Gasteiger partial charge in [0.2, 0.25) is 5.95 Å². The molecule has 0 spiro atoms. The zero-order valence-corrected chi connectivity index (χ0v) is 14.8. The highest BCUT2D eigenvalue weighted by atomic mass is 16.6. The van der Waals surface area contributed by atoms with Crippen LogP contribution < -0.4 is 10.9 Å². The highest BCUT2D eigenvalue weighted by Crippen LogP contribution is 2.26. The van der Waals surface area contributed by atoms with Gasteiger partial charge in [0, 0.05) is 24.0 Å². The average Bonchev–Trinajstić information content (AvgIpc) is 2.69. The summed E-state index contributed by atoms with van der Waals surface area (Å²) in [6.07, 6.45) is 1.56. The zero-order chi connectivity index (χ0) is 19.7. The van der Waals surface area contributed by atoms with Crippen molar-refractivity contribution in [2.45, 2.75) is 6.92 Å². The van der Waals surface area contributed by atoms with E-state index in [0.717, 1.165) is 11.3 Å². The number of aromatic amines is 1. The number of nitrogens with zero attached hydrogens (tertiary/aromatic N) is 3. The van der Waals surface area contributed by atoms with Gasteiger partial charge < -0.3 is 5.32 Å². The molecule has 2 aromatic carbocycles. The van der Waals surface area contributed by atoms with Gasteiger partial charge in [-0.3, -0.25) is 19.9 Å². The summed E-state index contributed by atoms with van der Waals surface area (Å²) in [5, 5.41) is 14.2. The molecule has 0 unspecified atom stereocenters. The van der Waals surface area contributed by atoms with E-state index in [1.54, 1.807) is 24.4 Å². The van der Waals surface area contributed by atoms with E-state index in [1.807, 2.05) is 31.2 Å². The predicted molar refractivity (Wildman–Crippen MR) is 107 cm³/mol. The smallest absolute Gasteiger partial charge is 0.269 e. The molecule has 138 valence electrons. The van der Waals surface area contributed by atoms with Crippen LogP contribution in [0.4, 0.5) is 17.3 Å². The molecule has 0 aliphatic rings. The van der Waals surface area contributed by atoms with Crippen molar-refractivity contribution in [1.29, 1.82) is 0 Å². The summed E-state index contributed by atoms with van der Waals surface area (Å²) < 4.78 is 0. The molecule has 0 atom stereocenters. The molecule has 4 aromatic rings. The Bertz CT molecular complexity index is 1230. The second kappa shape index (κ2) is 6.92. The van der Waals surface area contributed by atoms with Crippen molar-refractivity contribution in [3.63, 3.8) is 0 Å². The van der Waals surface area contributed by atoms with Crippen molar-refractivity contribution in [3.8, 4) is 11.1 Å². The van der Waals surface area contributed by atoms with Crippen molar-refractivity contribution in [2.24, 2.45) is 0 Å². The summed E-state index contributed by atoms with van der Waals surface area (Å²) in [7, 11) is 0. The van der Waals surface area contributed by atoms with E-state index >= 15 is 0 Å². The first-order valence-corrected chi connectivity index (χ1v) is 8.49. The number of nitrogens with one attached hydrogen (secondary N) is 2. The number of nitro benzene ring substituents is 1. The Labute approximate surface area is 159 Å². The Morgan fingerprint density at radius 1 is 1.04 bits per heavy atom. The number of H-pyrrole nitrogens is 1. The summed E-state index contributed by atoms with van der Waals surface area (Å²) in [4.78, 5) is 34.4. The monoisotopic (exact) mass is 373 g/mol. The molecular formula is C20H15N5O3. The van der Waals surface area contributed by atoms with E-state index in [9.17, 15) is 14.9 Å². The number of non-ortho nitro benzene ring substituents is 1. The minimum atomic E-state index is -0.466. The highest BCUT2D eigenvalue weighted by Gasteiger charge is 2.13. The van der Waals surface area contributed by atoms with Gasteiger partial charge in [0.05, 0.1) is 10.3 Å². The first-order valence-electron chi connectivity index (χ1n) is 8.49. The fraction of sp³-hybridized carbons (Fsp3) is 0.0500. The Morgan fingerprint density at radius 2 is 1.75 bits per heavy atom. The molecule has 0 bridgehead atoms. The first-order chi connectivity index (χ1) is 13.5. The molecule has 0 saturated heterocycles. The SMILES string of the molecule is Cc1ccc(Nc2nc3nccc(-c4ccc([N+](=O)[O-])cc4)c3c(=O)[nH]2)cc1. The van der Waals surface area contributed by atoms with E-state index in [0.29, 0.717) is 16.5 Å². The number of pyridine rings is 1. The van der Waals surface area contributed by atoms with Crippen LogP contribution in [0.15, 0.2) is 65.6 Å². The third-order valence-electron chi connectivity index (χ3n) is 4.31. The number of nitro groups is 1. The van der Waals surface area contributed by atoms with Crippen molar-refractivity contribution < 1.29 is 4.92 Å². The van der Waals surface area contributed by atoms with Gasteiger partial charge in [-0.05, 0) is 48.4 Å². The molecule has 2 heterocycles. The number of fused-ring (bicyclic) bond motifs is 1. The van der Waals surface area contributed by atoms with E-state index < -0.39 is 4.92 Å². The van der Waals surface area contributed by atoms with Gasteiger partial charge in [0.1, 0.15) is 0 Å². The van der Waals surface area contributed by atoms with Crippen molar-refractivity contribution in [3.05, 3.63) is 86.8 Å². The van der Waals surface area contributed by atoms with Crippen LogP contribution in [-0.4, -0.2) is 19.9 Å². The number of hydrogen-bond donors (Lipinski definition) is 2. The van der Waals surface area contributed by atoms with Crippen molar-refractivity contribution in [1.82, 2.24) is 15.0 Å². The lowest BCUT2D eigenvalue weighted by Crippen LogP contribution is -2.13. The number of aromatic nitrogens is 3. The Hall–Kier alpha value is -4.07. The number of aryl methyl sites for hydroxylation is 1. The quantitative estimate of drug-likeness (QED) is 0.414. The van der Waals surface area contributed by atoms with Crippen LogP contribution in [0.5, 0.6) is 0 Å². The molecule has 28 heavy (non-hydrogen) atoms. The summed E-state index contributed by atoms with van der Waals surface area (Å²) in [6.45, 7) is 1.99. The molecule has 4 rings (SSSR count). The molecule has 0 aliphatic heterocycles. The Balaban J connectivity index is 1.77. The van der Waals surface area contributed by atoms with Crippen molar-refractivity contribution in [2.75, 3.05) is 5.32 Å². The lowest BCUT2D eigenvalue weighted by Gasteiger charge is -2.09. The number of benzene rings is 2. The zero-order valence-electron chi connectivity index (χ0n) is 14.8. The van der Waals surface area contributed by atoms with Crippen LogP contribution in [0.2, 0.25) is 0 Å². The minimum absolute atomic E-state index is 0.0151. The molecule has 0 saturated carbocycles. The van der Waals surface area contributed by atoms with Crippen LogP contribution in [0, 0.1) is 17.0 Å². The summed E-state index contributed by atoms with van der Waals surface area (Å²) in [6, 6.07) is 15.4. The van der Waals surface area contributed by atoms with Crippen LogP contribution in [0.1, 0.15) is 5.56 Å². The minimum Gasteiger partial charge on any atom is -0.326 e. The van der Waals surface area contributed by atoms with E-state index in [1.165, 1.54) is 12.1 Å². The van der Waals surface area contributed by atoms with Gasteiger partial charge in [-0.2, -0.15) is 4.98 Å². The Kier molecular flexibility index (Phi) is 4.29. The third-order valence-corrected chi connectivity index (χ3v) is 4.31. The second-order valence-corrected chi connectivity index (χ2v) is 6.27. The fourth-order valence-corrected chi connectivity index (χ4v) is 2.90. The molecular weight excluding hydrogens is 358 g/mol. The molecule has 0 amide bonds. The fourth-order valence-electron chi connectivity index (χ4n) is 2.90. The van der Waals surface area contributed by atoms with Crippen LogP contribution in [0.3, 0.4) is 0 Å². The molecule has 0 aliphatic carbocycles.